The van der Waals surface area contributed by atoms with Crippen molar-refractivity contribution in [3.8, 4) is 95.5 Å². The van der Waals surface area contributed by atoms with Crippen molar-refractivity contribution in [1.82, 2.24) is 29.5 Å². The third-order valence-corrected chi connectivity index (χ3v) is 23.6. The summed E-state index contributed by atoms with van der Waals surface area (Å²) in [5.74, 6) is 0.652. The molecule has 0 unspecified atom stereocenters. The molecule has 0 saturated heterocycles. The van der Waals surface area contributed by atoms with Crippen LogP contribution in [0.5, 0.6) is 0 Å². The van der Waals surface area contributed by atoms with Crippen LogP contribution in [0.4, 0.5) is 0 Å². The number of hydrogen-bond donors (Lipinski definition) is 1. The molecule has 0 saturated carbocycles. The number of halogens is 1. The van der Waals surface area contributed by atoms with Crippen molar-refractivity contribution in [2.75, 3.05) is 0 Å². The molecule has 0 aliphatic rings. The standard InChI is InChI=1S/C50H31N3S.C34H21NS.C16H11BrN2/c1-5-15-32(16-6-1)36-25-27-44-40(29-36)47-48(53(44)50-51-42(34-19-9-3-10-20-34)31-43(52-50)35-21-11-4-12-22-35)39-24-14-13-23-38(39)46-41-30-37(33-17-7-2-8-18-33)26-28-45(41)54-49(46)47;1-3-9-21(10-4-1)23-15-17-29-27(19-23)32-33(35-29)26-14-8-7-13-25(26)31-28-20-24(22-11-5-2-6-12-22)16-18-30(28)36-34(31)32;17-16-18-14(12-7-3-1-4-8-12)11-15(19-16)13-9-5-2-6-10-13/h1-31H;1-20,35H;1-11H. The Morgan fingerprint density at radius 3 is 1.01 bits per heavy atom. The van der Waals surface area contributed by atoms with Crippen LogP contribution in [-0.4, -0.2) is 29.5 Å². The van der Waals surface area contributed by atoms with Crippen molar-refractivity contribution in [2.45, 2.75) is 0 Å². The Bertz CT molecular complexity index is 7080. The van der Waals surface area contributed by atoms with Crippen LogP contribution < -0.4 is 0 Å². The number of nitrogens with zero attached hydrogens (tertiary/aromatic N) is 5. The molecular weight excluding hydrogens is 1430 g/mol. The molecule has 0 radical (unpaired) electrons. The van der Waals surface area contributed by atoms with E-state index in [1.165, 1.54) is 139 Å². The van der Waals surface area contributed by atoms with E-state index in [-0.39, 0.29) is 0 Å². The number of nitrogens with one attached hydrogen (secondary N) is 1. The number of rotatable bonds is 9. The summed E-state index contributed by atoms with van der Waals surface area (Å²) in [6.45, 7) is 0. The zero-order valence-electron chi connectivity index (χ0n) is 58.7. The second kappa shape index (κ2) is 27.9. The summed E-state index contributed by atoms with van der Waals surface area (Å²) in [4.78, 5) is 23.4. The maximum atomic E-state index is 5.38. The molecule has 0 atom stereocenters. The quantitative estimate of drug-likeness (QED) is 0.146. The predicted octanol–water partition coefficient (Wildman–Crippen LogP) is 28.5. The van der Waals surface area contributed by atoms with E-state index in [1.54, 1.807) is 0 Å². The van der Waals surface area contributed by atoms with Gasteiger partial charge in [-0.05, 0) is 132 Å². The molecule has 512 valence electrons. The summed E-state index contributed by atoms with van der Waals surface area (Å²) in [7, 11) is 0. The molecule has 16 aromatic carbocycles. The minimum Gasteiger partial charge on any atom is -0.354 e. The summed E-state index contributed by atoms with van der Waals surface area (Å²) in [6.07, 6.45) is 0. The van der Waals surface area contributed by atoms with Crippen LogP contribution in [0.3, 0.4) is 0 Å². The third kappa shape index (κ3) is 12.0. The van der Waals surface area contributed by atoms with Crippen LogP contribution in [0.1, 0.15) is 0 Å². The summed E-state index contributed by atoms with van der Waals surface area (Å²) >= 11 is 7.18. The van der Waals surface area contributed by atoms with Crippen LogP contribution in [0.15, 0.2) is 381 Å². The van der Waals surface area contributed by atoms with E-state index < -0.39 is 0 Å². The molecule has 6 nitrogen and oxygen atoms in total. The van der Waals surface area contributed by atoms with E-state index in [4.69, 9.17) is 9.97 Å². The van der Waals surface area contributed by atoms with Gasteiger partial charge in [-0.1, -0.05) is 315 Å². The van der Waals surface area contributed by atoms with Gasteiger partial charge >= 0.3 is 0 Å². The van der Waals surface area contributed by atoms with Crippen molar-refractivity contribution in [3.05, 3.63) is 381 Å². The number of benzene rings is 16. The predicted molar refractivity (Wildman–Crippen MR) is 466 cm³/mol. The smallest absolute Gasteiger partial charge is 0.235 e. The fourth-order valence-electron chi connectivity index (χ4n) is 15.7. The van der Waals surface area contributed by atoms with Crippen molar-refractivity contribution in [1.29, 1.82) is 0 Å². The molecule has 0 amide bonds. The molecule has 0 spiro atoms. The van der Waals surface area contributed by atoms with E-state index in [0.717, 1.165) is 56.1 Å². The molecule has 0 aliphatic carbocycles. The number of aromatic nitrogens is 6. The van der Waals surface area contributed by atoms with Crippen molar-refractivity contribution in [3.63, 3.8) is 0 Å². The molecule has 6 heterocycles. The summed E-state index contributed by atoms with van der Waals surface area (Å²) < 4.78 is 8.17. The van der Waals surface area contributed by atoms with Crippen molar-refractivity contribution >= 4 is 144 Å². The molecule has 0 aliphatic heterocycles. The molecule has 6 aromatic heterocycles. The third-order valence-electron chi connectivity index (χ3n) is 20.8. The van der Waals surface area contributed by atoms with Gasteiger partial charge in [0.1, 0.15) is 0 Å². The van der Waals surface area contributed by atoms with E-state index in [2.05, 4.69) is 333 Å². The van der Waals surface area contributed by atoms with E-state index >= 15 is 0 Å². The number of thiophene rings is 2. The molecule has 22 aromatic rings. The van der Waals surface area contributed by atoms with Gasteiger partial charge in [0.15, 0.2) is 4.73 Å². The minimum absolute atomic E-state index is 0.604. The highest BCUT2D eigenvalue weighted by Crippen LogP contribution is 2.51. The Morgan fingerprint density at radius 2 is 0.578 bits per heavy atom. The van der Waals surface area contributed by atoms with Crippen LogP contribution in [0.25, 0.3) is 201 Å². The lowest BCUT2D eigenvalue weighted by molar-refractivity contribution is 0.998. The average Bonchev–Trinajstić information content (AvgIpc) is 1.55. The second-order valence-electron chi connectivity index (χ2n) is 27.3. The first-order valence-corrected chi connectivity index (χ1v) is 38.9. The monoisotopic (exact) mass is 1490 g/mol. The Labute approximate surface area is 645 Å². The molecular formula is C100H63BrN6S2. The van der Waals surface area contributed by atoms with Crippen molar-refractivity contribution in [2.24, 2.45) is 0 Å². The first-order chi connectivity index (χ1) is 54.0. The second-order valence-corrected chi connectivity index (χ2v) is 30.1. The van der Waals surface area contributed by atoms with Gasteiger partial charge in [-0.3, -0.25) is 4.57 Å². The zero-order chi connectivity index (χ0) is 72.3. The van der Waals surface area contributed by atoms with E-state index in [9.17, 15) is 0 Å². The molecule has 22 rings (SSSR count). The van der Waals surface area contributed by atoms with Gasteiger partial charge in [-0.15, -0.1) is 22.7 Å². The number of H-pyrrole nitrogens is 1. The average molecular weight is 1490 g/mol. The number of fused-ring (bicyclic) bond motifs is 20. The van der Waals surface area contributed by atoms with Gasteiger partial charge in [0.25, 0.3) is 0 Å². The van der Waals surface area contributed by atoms with E-state index in [1.807, 2.05) is 102 Å². The Balaban J connectivity index is 0.000000121. The zero-order valence-corrected chi connectivity index (χ0v) is 61.9. The Kier molecular flexibility index (Phi) is 16.7. The highest BCUT2D eigenvalue weighted by atomic mass is 79.9. The van der Waals surface area contributed by atoms with Crippen LogP contribution in [0, 0.1) is 0 Å². The molecule has 0 bridgehead atoms. The SMILES string of the molecule is Brc1nc(-c2ccccc2)cc(-c2ccccc2)n1.c1ccc(-c2ccc3sc4c(c3c2)c2ccccc2c2[nH]c3ccc(-c5ccccc5)cc3c24)cc1.c1ccc(-c2ccc3sc4c(c3c2)c2ccccc2c2c4c3cc(-c4ccccc4)ccc3n2-c2nc(-c3ccccc3)cc(-c3ccccc3)n2)cc1. The molecule has 9 heteroatoms. The lowest BCUT2D eigenvalue weighted by Gasteiger charge is -2.13. The number of aromatic amines is 1. The Hall–Kier alpha value is -13.3. The van der Waals surface area contributed by atoms with Crippen LogP contribution >= 0.6 is 38.6 Å². The van der Waals surface area contributed by atoms with Crippen LogP contribution in [0.2, 0.25) is 0 Å². The summed E-state index contributed by atoms with van der Waals surface area (Å²) in [5.41, 5.74) is 22.3. The molecule has 0 fully saturated rings. The molecule has 109 heavy (non-hydrogen) atoms. The van der Waals surface area contributed by atoms with E-state index in [0.29, 0.717) is 10.7 Å². The fraction of sp³-hybridized carbons (Fsp3) is 0. The highest BCUT2D eigenvalue weighted by molar-refractivity contribution is 9.10. The highest BCUT2D eigenvalue weighted by Gasteiger charge is 2.26. The maximum Gasteiger partial charge on any atom is 0.235 e. The van der Waals surface area contributed by atoms with Gasteiger partial charge in [-0.2, -0.15) is 0 Å². The Morgan fingerprint density at radius 1 is 0.248 bits per heavy atom. The first-order valence-electron chi connectivity index (χ1n) is 36.5. The lowest BCUT2D eigenvalue weighted by Crippen LogP contribution is -2.04. The fourth-order valence-corrected chi connectivity index (χ4v) is 18.6. The number of hydrogen-bond acceptors (Lipinski definition) is 6. The summed E-state index contributed by atoms with van der Waals surface area (Å²) in [5, 5.41) is 15.3. The normalized spacial score (nSPS) is 11.5. The van der Waals surface area contributed by atoms with Gasteiger partial charge < -0.3 is 4.98 Å². The van der Waals surface area contributed by atoms with Gasteiger partial charge in [0, 0.05) is 100 Å². The van der Waals surface area contributed by atoms with Gasteiger partial charge in [-0.25, -0.2) is 19.9 Å². The van der Waals surface area contributed by atoms with Gasteiger partial charge in [0.05, 0.1) is 39.3 Å². The van der Waals surface area contributed by atoms with Gasteiger partial charge in [0.2, 0.25) is 5.95 Å². The largest absolute Gasteiger partial charge is 0.354 e. The topological polar surface area (TPSA) is 72.3 Å². The first kappa shape index (κ1) is 65.3. The molecule has 1 N–H and O–H groups in total. The van der Waals surface area contributed by atoms with Crippen LogP contribution in [-0.2, 0) is 0 Å². The summed E-state index contributed by atoms with van der Waals surface area (Å²) in [6, 6.07) is 133. The maximum absolute atomic E-state index is 5.38. The van der Waals surface area contributed by atoms with Crippen molar-refractivity contribution < 1.29 is 0 Å². The minimum atomic E-state index is 0.604. The lowest BCUT2D eigenvalue weighted by atomic mass is 9.97.